The smallest absolute Gasteiger partial charge is 0.255 e. The number of ether oxygens (including phenoxy) is 1. The monoisotopic (exact) mass is 400 g/mol. The lowest BCUT2D eigenvalue weighted by molar-refractivity contribution is -0.137. The van der Waals surface area contributed by atoms with Crippen LogP contribution in [-0.4, -0.2) is 18.9 Å². The highest BCUT2D eigenvalue weighted by Crippen LogP contribution is 2.47. The van der Waals surface area contributed by atoms with Crippen LogP contribution in [0.4, 0.5) is 11.4 Å². The first kappa shape index (κ1) is 19.7. The lowest BCUT2D eigenvalue weighted by atomic mass is 9.75. The van der Waals surface area contributed by atoms with E-state index in [1.807, 2.05) is 86.6 Å². The predicted molar refractivity (Wildman–Crippen MR) is 118 cm³/mol. The second-order valence-electron chi connectivity index (χ2n) is 7.55. The third-order valence-electron chi connectivity index (χ3n) is 5.73. The van der Waals surface area contributed by atoms with Gasteiger partial charge in [0.1, 0.15) is 5.75 Å². The molecule has 1 saturated heterocycles. The molecule has 1 heterocycles. The van der Waals surface area contributed by atoms with E-state index in [0.717, 1.165) is 28.1 Å². The van der Waals surface area contributed by atoms with Crippen LogP contribution in [0.25, 0.3) is 0 Å². The highest BCUT2D eigenvalue weighted by molar-refractivity contribution is 6.17. The number of methoxy groups -OCH3 is 1. The maximum absolute atomic E-state index is 13.7. The van der Waals surface area contributed by atoms with Crippen molar-refractivity contribution in [3.05, 3.63) is 89.5 Å². The van der Waals surface area contributed by atoms with Crippen molar-refractivity contribution in [2.75, 3.05) is 17.3 Å². The number of aryl methyl sites for hydroxylation is 2. The Morgan fingerprint density at radius 1 is 0.933 bits per heavy atom. The quantitative estimate of drug-likeness (QED) is 0.638. The number of amides is 2. The van der Waals surface area contributed by atoms with Crippen molar-refractivity contribution in [3.63, 3.8) is 0 Å². The van der Waals surface area contributed by atoms with Crippen molar-refractivity contribution in [1.29, 1.82) is 0 Å². The molecule has 5 nitrogen and oxygen atoms in total. The van der Waals surface area contributed by atoms with Gasteiger partial charge in [-0.25, -0.2) is 0 Å². The Bertz CT molecular complexity index is 1110. The summed E-state index contributed by atoms with van der Waals surface area (Å²) >= 11 is 0. The zero-order valence-corrected chi connectivity index (χ0v) is 17.3. The summed E-state index contributed by atoms with van der Waals surface area (Å²) < 4.78 is 5.28. The zero-order chi connectivity index (χ0) is 21.3. The van der Waals surface area contributed by atoms with E-state index >= 15 is 0 Å². The molecule has 0 saturated carbocycles. The molecule has 5 heteroatoms. The van der Waals surface area contributed by atoms with Gasteiger partial charge in [-0.3, -0.25) is 14.5 Å². The lowest BCUT2D eigenvalue weighted by Crippen LogP contribution is -2.67. The maximum atomic E-state index is 13.7. The van der Waals surface area contributed by atoms with Crippen LogP contribution in [0.15, 0.2) is 72.8 Å². The molecule has 0 aromatic heterocycles. The molecule has 0 spiro atoms. The molecular weight excluding hydrogens is 376 g/mol. The summed E-state index contributed by atoms with van der Waals surface area (Å²) in [4.78, 5) is 28.2. The van der Waals surface area contributed by atoms with Gasteiger partial charge in [-0.1, -0.05) is 48.5 Å². The molecule has 2 amide bonds. The molecule has 0 aliphatic carbocycles. The number of benzene rings is 3. The van der Waals surface area contributed by atoms with Crippen LogP contribution in [0.5, 0.6) is 5.75 Å². The summed E-state index contributed by atoms with van der Waals surface area (Å²) in [6.07, 6.45) is 0.103. The van der Waals surface area contributed by atoms with E-state index in [9.17, 15) is 9.59 Å². The number of para-hydroxylation sites is 2. The fourth-order valence-electron chi connectivity index (χ4n) is 4.00. The normalized spacial score (nSPS) is 18.0. The number of hydrogen-bond acceptors (Lipinski definition) is 3. The molecule has 1 N–H and O–H groups in total. The van der Waals surface area contributed by atoms with Crippen LogP contribution in [0.3, 0.4) is 0 Å². The van der Waals surface area contributed by atoms with E-state index in [2.05, 4.69) is 5.32 Å². The average molecular weight is 400 g/mol. The third-order valence-corrected chi connectivity index (χ3v) is 5.73. The van der Waals surface area contributed by atoms with E-state index in [1.165, 1.54) is 0 Å². The van der Waals surface area contributed by atoms with Crippen LogP contribution < -0.4 is 15.0 Å². The van der Waals surface area contributed by atoms with Gasteiger partial charge < -0.3 is 10.1 Å². The zero-order valence-electron chi connectivity index (χ0n) is 17.3. The molecule has 1 atom stereocenters. The fraction of sp³-hybridized carbons (Fsp3) is 0.200. The first-order chi connectivity index (χ1) is 14.5. The largest absolute Gasteiger partial charge is 0.497 e. The molecule has 4 rings (SSSR count). The summed E-state index contributed by atoms with van der Waals surface area (Å²) in [6.45, 7) is 3.89. The maximum Gasteiger partial charge on any atom is 0.255 e. The van der Waals surface area contributed by atoms with Gasteiger partial charge in [0.15, 0.2) is 5.54 Å². The van der Waals surface area contributed by atoms with Gasteiger partial charge in [0.25, 0.3) is 5.91 Å². The molecule has 152 valence electrons. The van der Waals surface area contributed by atoms with E-state index < -0.39 is 5.54 Å². The van der Waals surface area contributed by atoms with Crippen LogP contribution in [-0.2, 0) is 15.1 Å². The Balaban J connectivity index is 1.83. The van der Waals surface area contributed by atoms with Gasteiger partial charge >= 0.3 is 0 Å². The van der Waals surface area contributed by atoms with Crippen molar-refractivity contribution in [3.8, 4) is 5.75 Å². The van der Waals surface area contributed by atoms with Crippen molar-refractivity contribution in [2.45, 2.75) is 25.8 Å². The van der Waals surface area contributed by atoms with Gasteiger partial charge in [0.05, 0.1) is 13.5 Å². The number of nitrogens with zero attached hydrogens (tertiary/aromatic N) is 1. The highest BCUT2D eigenvalue weighted by atomic mass is 16.5. The van der Waals surface area contributed by atoms with Gasteiger partial charge in [-0.15, -0.1) is 0 Å². The molecule has 30 heavy (non-hydrogen) atoms. The average Bonchev–Trinajstić information content (AvgIpc) is 2.75. The van der Waals surface area contributed by atoms with Crippen molar-refractivity contribution < 1.29 is 14.3 Å². The summed E-state index contributed by atoms with van der Waals surface area (Å²) in [5.74, 6) is 0.381. The molecular formula is C25H24N2O3. The van der Waals surface area contributed by atoms with Gasteiger partial charge in [0.2, 0.25) is 5.91 Å². The minimum atomic E-state index is -1.13. The fourth-order valence-corrected chi connectivity index (χ4v) is 4.00. The number of carbonyl (C=O) groups excluding carboxylic acids is 2. The molecule has 0 radical (unpaired) electrons. The second-order valence-corrected chi connectivity index (χ2v) is 7.55. The molecule has 1 fully saturated rings. The Morgan fingerprint density at radius 3 is 2.17 bits per heavy atom. The van der Waals surface area contributed by atoms with Crippen LogP contribution in [0.2, 0.25) is 0 Å². The summed E-state index contributed by atoms with van der Waals surface area (Å²) in [5.41, 5.74) is 3.00. The van der Waals surface area contributed by atoms with Crippen molar-refractivity contribution in [2.24, 2.45) is 0 Å². The number of β-lactam (4-membered cyclic amide) rings is 1. The first-order valence-corrected chi connectivity index (χ1v) is 9.87. The Labute approximate surface area is 176 Å². The first-order valence-electron chi connectivity index (χ1n) is 9.87. The minimum Gasteiger partial charge on any atom is -0.497 e. The molecule has 1 aliphatic heterocycles. The summed E-state index contributed by atoms with van der Waals surface area (Å²) in [6, 6.07) is 22.6. The lowest BCUT2D eigenvalue weighted by Gasteiger charge is -2.51. The van der Waals surface area contributed by atoms with Crippen LogP contribution >= 0.6 is 0 Å². The van der Waals surface area contributed by atoms with Crippen LogP contribution in [0, 0.1) is 13.8 Å². The second kappa shape index (κ2) is 7.67. The SMILES string of the molecule is COc1ccc(C2(C(=O)Nc3ccccc3C)CC(=O)N2c2ccccc2C)cc1. The number of hydrogen-bond donors (Lipinski definition) is 1. The van der Waals surface area contributed by atoms with Crippen molar-refractivity contribution in [1.82, 2.24) is 0 Å². The van der Waals surface area contributed by atoms with E-state index in [1.54, 1.807) is 12.0 Å². The number of carbonyl (C=O) groups is 2. The Kier molecular flexibility index (Phi) is 5.04. The number of rotatable bonds is 5. The van der Waals surface area contributed by atoms with Crippen LogP contribution in [0.1, 0.15) is 23.1 Å². The molecule has 1 unspecified atom stereocenters. The van der Waals surface area contributed by atoms with E-state index in [0.29, 0.717) is 5.75 Å². The highest BCUT2D eigenvalue weighted by Gasteiger charge is 2.58. The summed E-state index contributed by atoms with van der Waals surface area (Å²) in [5, 5.41) is 3.06. The molecule has 3 aromatic rings. The molecule has 1 aliphatic rings. The van der Waals surface area contributed by atoms with Gasteiger partial charge in [-0.2, -0.15) is 0 Å². The Morgan fingerprint density at radius 2 is 1.57 bits per heavy atom. The molecule has 0 bridgehead atoms. The molecule has 3 aromatic carbocycles. The van der Waals surface area contributed by atoms with E-state index in [4.69, 9.17) is 4.74 Å². The third kappa shape index (κ3) is 3.12. The number of anilines is 2. The topological polar surface area (TPSA) is 58.6 Å². The van der Waals surface area contributed by atoms with Crippen molar-refractivity contribution >= 4 is 23.2 Å². The van der Waals surface area contributed by atoms with E-state index in [-0.39, 0.29) is 18.2 Å². The minimum absolute atomic E-state index is 0.0833. The standard InChI is InChI=1S/C25H24N2O3/c1-17-8-4-6-10-21(17)26-24(29)25(19-12-14-20(30-3)15-13-19)16-23(28)27(25)22-11-7-5-9-18(22)2/h4-15H,16H2,1-3H3,(H,26,29). The Hall–Kier alpha value is -3.60. The van der Waals surface area contributed by atoms with Gasteiger partial charge in [-0.05, 0) is 54.8 Å². The summed E-state index contributed by atoms with van der Waals surface area (Å²) in [7, 11) is 1.60. The predicted octanol–water partition coefficient (Wildman–Crippen LogP) is 4.58. The van der Waals surface area contributed by atoms with Gasteiger partial charge in [0, 0.05) is 11.4 Å². The number of nitrogens with one attached hydrogen (secondary N) is 1.